The normalized spacial score (nSPS) is 18.4. The SMILES string of the molecule is CCCC(=O)CC(=O)N1CCN(Cc2cccc(OCCC3CCCCC3)c2)CC1. The number of carbonyl (C=O) groups is 2. The van der Waals surface area contributed by atoms with E-state index in [1.54, 1.807) is 0 Å². The lowest BCUT2D eigenvalue weighted by molar-refractivity contribution is -0.136. The molecule has 0 unspecified atom stereocenters. The van der Waals surface area contributed by atoms with E-state index in [9.17, 15) is 9.59 Å². The second-order valence-electron chi connectivity index (χ2n) is 8.91. The van der Waals surface area contributed by atoms with Crippen molar-refractivity contribution >= 4 is 11.7 Å². The lowest BCUT2D eigenvalue weighted by Crippen LogP contribution is -2.48. The van der Waals surface area contributed by atoms with Crippen LogP contribution in [0.15, 0.2) is 24.3 Å². The van der Waals surface area contributed by atoms with Crippen LogP contribution in [0.1, 0.15) is 70.3 Å². The van der Waals surface area contributed by atoms with Gasteiger partial charge in [0.2, 0.25) is 5.91 Å². The molecule has 30 heavy (non-hydrogen) atoms. The Morgan fingerprint density at radius 1 is 1.07 bits per heavy atom. The Balaban J connectivity index is 1.39. The number of hydrogen-bond acceptors (Lipinski definition) is 4. The van der Waals surface area contributed by atoms with E-state index in [1.807, 2.05) is 17.9 Å². The molecule has 1 aliphatic carbocycles. The number of ketones is 1. The summed E-state index contributed by atoms with van der Waals surface area (Å²) in [6.07, 6.45) is 9.44. The maximum atomic E-state index is 12.3. The lowest BCUT2D eigenvalue weighted by Gasteiger charge is -2.34. The van der Waals surface area contributed by atoms with Gasteiger partial charge in [0.25, 0.3) is 0 Å². The number of rotatable bonds is 10. The molecule has 5 nitrogen and oxygen atoms in total. The van der Waals surface area contributed by atoms with Crippen molar-refractivity contribution < 1.29 is 14.3 Å². The molecule has 1 saturated carbocycles. The summed E-state index contributed by atoms with van der Waals surface area (Å²) in [7, 11) is 0. The largest absolute Gasteiger partial charge is 0.494 e. The van der Waals surface area contributed by atoms with Gasteiger partial charge in [-0.2, -0.15) is 0 Å². The monoisotopic (exact) mass is 414 g/mol. The van der Waals surface area contributed by atoms with Gasteiger partial charge in [-0.3, -0.25) is 14.5 Å². The van der Waals surface area contributed by atoms with Gasteiger partial charge in [-0.05, 0) is 36.5 Å². The smallest absolute Gasteiger partial charge is 0.230 e. The third-order valence-electron chi connectivity index (χ3n) is 6.43. The number of Topliss-reactive ketones (excluding diaryl/α,β-unsaturated/α-hetero) is 1. The molecular weight excluding hydrogens is 376 g/mol. The number of piperazine rings is 1. The van der Waals surface area contributed by atoms with Gasteiger partial charge in [-0.25, -0.2) is 0 Å². The van der Waals surface area contributed by atoms with E-state index in [1.165, 1.54) is 44.1 Å². The summed E-state index contributed by atoms with van der Waals surface area (Å²) >= 11 is 0. The number of carbonyl (C=O) groups excluding carboxylic acids is 2. The molecule has 1 heterocycles. The van der Waals surface area contributed by atoms with E-state index >= 15 is 0 Å². The van der Waals surface area contributed by atoms with Gasteiger partial charge in [0, 0.05) is 39.1 Å². The van der Waals surface area contributed by atoms with Crippen LogP contribution in [0.3, 0.4) is 0 Å². The molecule has 2 fully saturated rings. The van der Waals surface area contributed by atoms with Crippen LogP contribution in [0.2, 0.25) is 0 Å². The first-order valence-corrected chi connectivity index (χ1v) is 11.9. The lowest BCUT2D eigenvalue weighted by atomic mass is 9.87. The zero-order chi connectivity index (χ0) is 21.2. The fraction of sp³-hybridized carbons (Fsp3) is 0.680. The van der Waals surface area contributed by atoms with Gasteiger partial charge in [0.1, 0.15) is 11.5 Å². The van der Waals surface area contributed by atoms with Crippen LogP contribution in [0.4, 0.5) is 0 Å². The third kappa shape index (κ3) is 7.42. The van der Waals surface area contributed by atoms with Gasteiger partial charge in [-0.15, -0.1) is 0 Å². The molecule has 1 aliphatic heterocycles. The maximum absolute atomic E-state index is 12.3. The van der Waals surface area contributed by atoms with Gasteiger partial charge in [0.05, 0.1) is 13.0 Å². The first kappa shape index (κ1) is 22.8. The summed E-state index contributed by atoms with van der Waals surface area (Å²) in [5, 5.41) is 0. The molecule has 0 bridgehead atoms. The van der Waals surface area contributed by atoms with E-state index in [0.717, 1.165) is 44.3 Å². The highest BCUT2D eigenvalue weighted by molar-refractivity contribution is 5.98. The van der Waals surface area contributed by atoms with E-state index in [4.69, 9.17) is 4.74 Å². The molecular formula is C25H38N2O3. The minimum absolute atomic E-state index is 0.0125. The summed E-state index contributed by atoms with van der Waals surface area (Å²) in [5.41, 5.74) is 1.25. The van der Waals surface area contributed by atoms with E-state index < -0.39 is 0 Å². The molecule has 166 valence electrons. The van der Waals surface area contributed by atoms with Crippen molar-refractivity contribution in [2.24, 2.45) is 5.92 Å². The zero-order valence-corrected chi connectivity index (χ0v) is 18.6. The van der Waals surface area contributed by atoms with Crippen molar-refractivity contribution in [1.82, 2.24) is 9.80 Å². The zero-order valence-electron chi connectivity index (χ0n) is 18.6. The van der Waals surface area contributed by atoms with Crippen LogP contribution in [0.5, 0.6) is 5.75 Å². The predicted octanol–water partition coefficient (Wildman–Crippen LogP) is 4.44. The number of amides is 1. The van der Waals surface area contributed by atoms with Crippen molar-refractivity contribution in [3.63, 3.8) is 0 Å². The fourth-order valence-electron chi connectivity index (χ4n) is 4.61. The van der Waals surface area contributed by atoms with Crippen molar-refractivity contribution in [1.29, 1.82) is 0 Å². The van der Waals surface area contributed by atoms with Gasteiger partial charge in [0.15, 0.2) is 0 Å². The topological polar surface area (TPSA) is 49.9 Å². The molecule has 0 aromatic heterocycles. The van der Waals surface area contributed by atoms with Crippen LogP contribution in [0, 0.1) is 5.92 Å². The molecule has 0 atom stereocenters. The molecule has 1 saturated heterocycles. The minimum Gasteiger partial charge on any atom is -0.494 e. The van der Waals surface area contributed by atoms with Gasteiger partial charge >= 0.3 is 0 Å². The van der Waals surface area contributed by atoms with Crippen LogP contribution in [-0.2, 0) is 16.1 Å². The molecule has 0 N–H and O–H groups in total. The quantitative estimate of drug-likeness (QED) is 0.531. The standard InChI is InChI=1S/C25H38N2O3/c1-2-7-23(28)19-25(29)27-15-13-26(14-16-27)20-22-10-6-11-24(18-22)30-17-12-21-8-4-3-5-9-21/h6,10-11,18,21H,2-5,7-9,12-17,19-20H2,1H3. The van der Waals surface area contributed by atoms with E-state index in [2.05, 4.69) is 23.1 Å². The molecule has 1 aromatic carbocycles. The highest BCUT2D eigenvalue weighted by Gasteiger charge is 2.22. The average molecular weight is 415 g/mol. The number of benzene rings is 1. The van der Waals surface area contributed by atoms with E-state index in [0.29, 0.717) is 19.5 Å². The van der Waals surface area contributed by atoms with Crippen LogP contribution >= 0.6 is 0 Å². The Morgan fingerprint density at radius 3 is 2.57 bits per heavy atom. The van der Waals surface area contributed by atoms with Crippen molar-refractivity contribution in [3.05, 3.63) is 29.8 Å². The number of hydrogen-bond donors (Lipinski definition) is 0. The van der Waals surface area contributed by atoms with Gasteiger partial charge < -0.3 is 9.64 Å². The fourth-order valence-corrected chi connectivity index (χ4v) is 4.61. The molecule has 5 heteroatoms. The van der Waals surface area contributed by atoms with Crippen LogP contribution in [0.25, 0.3) is 0 Å². The number of nitrogens with zero attached hydrogens (tertiary/aromatic N) is 2. The Bertz CT molecular complexity index is 677. The van der Waals surface area contributed by atoms with Crippen molar-refractivity contribution in [2.75, 3.05) is 32.8 Å². The Hall–Kier alpha value is -1.88. The highest BCUT2D eigenvalue weighted by Crippen LogP contribution is 2.26. The van der Waals surface area contributed by atoms with E-state index in [-0.39, 0.29) is 18.1 Å². The predicted molar refractivity (Wildman–Crippen MR) is 120 cm³/mol. The molecule has 0 radical (unpaired) electrons. The maximum Gasteiger partial charge on any atom is 0.230 e. The van der Waals surface area contributed by atoms with Crippen molar-refractivity contribution in [2.45, 2.75) is 71.3 Å². The Labute approximate surface area is 181 Å². The minimum atomic E-state index is -0.0125. The molecule has 3 rings (SSSR count). The first-order chi connectivity index (χ1) is 14.6. The third-order valence-corrected chi connectivity index (χ3v) is 6.43. The molecule has 1 aromatic rings. The first-order valence-electron chi connectivity index (χ1n) is 11.9. The average Bonchev–Trinajstić information content (AvgIpc) is 2.75. The van der Waals surface area contributed by atoms with Crippen molar-refractivity contribution in [3.8, 4) is 5.75 Å². The van der Waals surface area contributed by atoms with Crippen LogP contribution in [-0.4, -0.2) is 54.3 Å². The molecule has 0 spiro atoms. The highest BCUT2D eigenvalue weighted by atomic mass is 16.5. The molecule has 1 amide bonds. The second kappa shape index (κ2) is 12.1. The molecule has 2 aliphatic rings. The summed E-state index contributed by atoms with van der Waals surface area (Å²) in [5.74, 6) is 1.86. The van der Waals surface area contributed by atoms with Crippen LogP contribution < -0.4 is 4.74 Å². The Kier molecular flexibility index (Phi) is 9.19. The summed E-state index contributed by atoms with van der Waals surface area (Å²) in [4.78, 5) is 28.2. The number of ether oxygens (including phenoxy) is 1. The summed E-state index contributed by atoms with van der Waals surface area (Å²) in [6, 6.07) is 8.43. The summed E-state index contributed by atoms with van der Waals surface area (Å²) < 4.78 is 6.04. The Morgan fingerprint density at radius 2 is 1.83 bits per heavy atom. The van der Waals surface area contributed by atoms with Gasteiger partial charge in [-0.1, -0.05) is 51.2 Å². The summed E-state index contributed by atoms with van der Waals surface area (Å²) in [6.45, 7) is 6.76. The second-order valence-corrected chi connectivity index (χ2v) is 8.91.